The Morgan fingerprint density at radius 2 is 2.14 bits per heavy atom. The summed E-state index contributed by atoms with van der Waals surface area (Å²) < 4.78 is 0. The van der Waals surface area contributed by atoms with Crippen LogP contribution in [-0.4, -0.2) is 17.3 Å². The number of hydrogen-bond acceptors (Lipinski definition) is 2. The molecule has 1 N–H and O–H groups in total. The number of carbonyl (C=O) groups is 1. The molecule has 0 bridgehead atoms. The molecule has 1 rings (SSSR count). The van der Waals surface area contributed by atoms with Crippen LogP contribution in [0.2, 0.25) is 0 Å². The Morgan fingerprint density at radius 3 is 2.57 bits per heavy atom. The van der Waals surface area contributed by atoms with Crippen molar-refractivity contribution in [2.24, 2.45) is 10.9 Å². The first-order valence-electron chi connectivity index (χ1n) is 5.41. The Bertz CT molecular complexity index is 258. The molecule has 1 heterocycles. The van der Waals surface area contributed by atoms with Crippen LogP contribution in [-0.2, 0) is 4.79 Å². The number of hydrogen-bond donors (Lipinski definition) is 1. The normalized spacial score (nSPS) is 26.6. The summed E-state index contributed by atoms with van der Waals surface area (Å²) in [6.07, 6.45) is 3.12. The summed E-state index contributed by atoms with van der Waals surface area (Å²) in [7, 11) is 0. The van der Waals surface area contributed by atoms with Crippen LogP contribution in [0.3, 0.4) is 0 Å². The SMILES string of the molecule is CCCCC1=NC(C)(C(C)C)C(=O)N1. The maximum atomic E-state index is 11.7. The number of rotatable bonds is 4. The molecule has 1 amide bonds. The average molecular weight is 196 g/mol. The van der Waals surface area contributed by atoms with Gasteiger partial charge in [-0.15, -0.1) is 0 Å². The average Bonchev–Trinajstić information content (AvgIpc) is 2.41. The maximum Gasteiger partial charge on any atom is 0.253 e. The molecule has 0 saturated carbocycles. The first kappa shape index (κ1) is 11.2. The van der Waals surface area contributed by atoms with Gasteiger partial charge in [0.05, 0.1) is 0 Å². The van der Waals surface area contributed by atoms with Crippen molar-refractivity contribution in [1.29, 1.82) is 0 Å². The van der Waals surface area contributed by atoms with Crippen molar-refractivity contribution in [2.45, 2.75) is 52.5 Å². The smallest absolute Gasteiger partial charge is 0.253 e. The van der Waals surface area contributed by atoms with Gasteiger partial charge in [-0.25, -0.2) is 0 Å². The van der Waals surface area contributed by atoms with Gasteiger partial charge < -0.3 is 5.32 Å². The summed E-state index contributed by atoms with van der Waals surface area (Å²) in [6, 6.07) is 0. The maximum absolute atomic E-state index is 11.7. The number of unbranched alkanes of at least 4 members (excludes halogenated alkanes) is 1. The molecule has 0 aromatic rings. The summed E-state index contributed by atoms with van der Waals surface area (Å²) in [4.78, 5) is 16.2. The van der Waals surface area contributed by atoms with Crippen LogP contribution in [0.15, 0.2) is 4.99 Å². The quantitative estimate of drug-likeness (QED) is 0.735. The van der Waals surface area contributed by atoms with Gasteiger partial charge in [0.15, 0.2) is 0 Å². The topological polar surface area (TPSA) is 41.5 Å². The molecule has 1 unspecified atom stereocenters. The zero-order valence-corrected chi connectivity index (χ0v) is 9.55. The van der Waals surface area contributed by atoms with Crippen LogP contribution in [0.5, 0.6) is 0 Å². The summed E-state index contributed by atoms with van der Waals surface area (Å²) in [5.74, 6) is 1.17. The fourth-order valence-electron chi connectivity index (χ4n) is 1.47. The van der Waals surface area contributed by atoms with E-state index in [1.165, 1.54) is 0 Å². The van der Waals surface area contributed by atoms with Crippen molar-refractivity contribution < 1.29 is 4.79 Å². The van der Waals surface area contributed by atoms with E-state index in [4.69, 9.17) is 0 Å². The van der Waals surface area contributed by atoms with Crippen molar-refractivity contribution in [2.75, 3.05) is 0 Å². The molecule has 0 aromatic carbocycles. The van der Waals surface area contributed by atoms with Gasteiger partial charge >= 0.3 is 0 Å². The Balaban J connectivity index is 2.71. The second-order valence-corrected chi connectivity index (χ2v) is 4.42. The summed E-state index contributed by atoms with van der Waals surface area (Å²) in [6.45, 7) is 8.11. The largest absolute Gasteiger partial charge is 0.312 e. The number of amides is 1. The lowest BCUT2D eigenvalue weighted by molar-refractivity contribution is -0.124. The minimum absolute atomic E-state index is 0.0543. The van der Waals surface area contributed by atoms with E-state index in [9.17, 15) is 4.79 Å². The van der Waals surface area contributed by atoms with E-state index >= 15 is 0 Å². The van der Waals surface area contributed by atoms with Gasteiger partial charge in [0.25, 0.3) is 5.91 Å². The second kappa shape index (κ2) is 4.11. The number of aliphatic imine (C=N–C) groups is 1. The molecule has 14 heavy (non-hydrogen) atoms. The van der Waals surface area contributed by atoms with E-state index in [1.54, 1.807) is 0 Å². The number of amidine groups is 1. The van der Waals surface area contributed by atoms with Crippen molar-refractivity contribution in [3.63, 3.8) is 0 Å². The molecular weight excluding hydrogens is 176 g/mol. The highest BCUT2D eigenvalue weighted by Crippen LogP contribution is 2.26. The minimum Gasteiger partial charge on any atom is -0.312 e. The Morgan fingerprint density at radius 1 is 1.50 bits per heavy atom. The number of nitrogens with zero attached hydrogens (tertiary/aromatic N) is 1. The van der Waals surface area contributed by atoms with E-state index in [-0.39, 0.29) is 11.8 Å². The third kappa shape index (κ3) is 1.97. The summed E-state index contributed by atoms with van der Waals surface area (Å²) >= 11 is 0. The molecule has 1 atom stereocenters. The Kier molecular flexibility index (Phi) is 3.29. The minimum atomic E-state index is -0.539. The van der Waals surface area contributed by atoms with Crippen LogP contribution in [0.25, 0.3) is 0 Å². The molecule has 0 spiro atoms. The lowest BCUT2D eigenvalue weighted by Gasteiger charge is -2.21. The molecule has 0 fully saturated rings. The summed E-state index contributed by atoms with van der Waals surface area (Å²) in [5, 5.41) is 2.87. The molecule has 0 aliphatic carbocycles. The van der Waals surface area contributed by atoms with Gasteiger partial charge in [0.2, 0.25) is 0 Å². The van der Waals surface area contributed by atoms with E-state index < -0.39 is 5.54 Å². The van der Waals surface area contributed by atoms with Gasteiger partial charge in [0.1, 0.15) is 11.4 Å². The molecule has 3 heteroatoms. The highest BCUT2D eigenvalue weighted by Gasteiger charge is 2.41. The van der Waals surface area contributed by atoms with Crippen molar-refractivity contribution in [1.82, 2.24) is 5.32 Å². The van der Waals surface area contributed by atoms with Gasteiger partial charge in [-0.2, -0.15) is 0 Å². The van der Waals surface area contributed by atoms with Crippen LogP contribution >= 0.6 is 0 Å². The lowest BCUT2D eigenvalue weighted by atomic mass is 9.89. The third-order valence-electron chi connectivity index (χ3n) is 2.98. The van der Waals surface area contributed by atoms with Crippen LogP contribution in [0, 0.1) is 5.92 Å². The molecule has 0 radical (unpaired) electrons. The first-order chi connectivity index (χ1) is 6.50. The second-order valence-electron chi connectivity index (χ2n) is 4.42. The van der Waals surface area contributed by atoms with Crippen molar-refractivity contribution >= 4 is 11.7 Å². The molecule has 0 aromatic heterocycles. The highest BCUT2D eigenvalue weighted by atomic mass is 16.2. The number of carbonyl (C=O) groups excluding carboxylic acids is 1. The predicted molar refractivity (Wildman–Crippen MR) is 58.3 cm³/mol. The van der Waals surface area contributed by atoms with Gasteiger partial charge in [-0.05, 0) is 19.3 Å². The monoisotopic (exact) mass is 196 g/mol. The van der Waals surface area contributed by atoms with E-state index in [2.05, 4.69) is 17.2 Å². The summed E-state index contributed by atoms with van der Waals surface area (Å²) in [5.41, 5.74) is -0.539. The fraction of sp³-hybridized carbons (Fsp3) is 0.818. The Labute approximate surface area is 86.0 Å². The molecule has 80 valence electrons. The van der Waals surface area contributed by atoms with Gasteiger partial charge in [-0.1, -0.05) is 27.2 Å². The molecule has 0 saturated heterocycles. The van der Waals surface area contributed by atoms with Crippen LogP contribution in [0.1, 0.15) is 47.0 Å². The van der Waals surface area contributed by atoms with Crippen molar-refractivity contribution in [3.8, 4) is 0 Å². The molecule has 1 aliphatic heterocycles. The van der Waals surface area contributed by atoms with E-state index in [1.807, 2.05) is 20.8 Å². The Hall–Kier alpha value is -0.860. The van der Waals surface area contributed by atoms with E-state index in [0.717, 1.165) is 25.1 Å². The number of nitrogens with one attached hydrogen (secondary N) is 1. The zero-order valence-electron chi connectivity index (χ0n) is 9.55. The fourth-order valence-corrected chi connectivity index (χ4v) is 1.47. The van der Waals surface area contributed by atoms with Crippen molar-refractivity contribution in [3.05, 3.63) is 0 Å². The standard InChI is InChI=1S/C11H20N2O/c1-5-6-7-9-12-10(14)11(4,13-9)8(2)3/h8H,5-7H2,1-4H3,(H,12,13,14). The van der Waals surface area contributed by atoms with Gasteiger partial charge in [0, 0.05) is 6.42 Å². The van der Waals surface area contributed by atoms with Crippen LogP contribution in [0.4, 0.5) is 0 Å². The lowest BCUT2D eigenvalue weighted by Crippen LogP contribution is -2.41. The highest BCUT2D eigenvalue weighted by molar-refractivity contribution is 6.08. The predicted octanol–water partition coefficient (Wildman–Crippen LogP) is 2.12. The van der Waals surface area contributed by atoms with Crippen LogP contribution < -0.4 is 5.32 Å². The molecule has 1 aliphatic rings. The molecule has 3 nitrogen and oxygen atoms in total. The third-order valence-corrected chi connectivity index (χ3v) is 2.98. The first-order valence-corrected chi connectivity index (χ1v) is 5.41. The van der Waals surface area contributed by atoms with Gasteiger partial charge in [-0.3, -0.25) is 9.79 Å². The zero-order chi connectivity index (χ0) is 10.8. The molecular formula is C11H20N2O. The van der Waals surface area contributed by atoms with E-state index in [0.29, 0.717) is 0 Å².